The summed E-state index contributed by atoms with van der Waals surface area (Å²) in [5, 5.41) is 2.40. The standard InChI is InChI=1S/C21H21N3O4S/c25-19(12-23-13-22-20-15(21(23)26)6-10-29-20)24-7-1-3-16(24)14-4-5-17-18(11-14)28-9-2-8-27-17/h4-6,10-11,13,16H,1-3,7-9,12H2. The Balaban J connectivity index is 1.39. The zero-order valence-electron chi connectivity index (χ0n) is 15.9. The Morgan fingerprint density at radius 1 is 1.17 bits per heavy atom. The van der Waals surface area contributed by atoms with E-state index in [2.05, 4.69) is 4.98 Å². The number of amides is 1. The molecule has 0 spiro atoms. The second kappa shape index (κ2) is 7.51. The van der Waals surface area contributed by atoms with Crippen molar-refractivity contribution < 1.29 is 14.3 Å². The van der Waals surface area contributed by atoms with E-state index in [1.807, 2.05) is 28.5 Å². The van der Waals surface area contributed by atoms with Crippen LogP contribution in [0.2, 0.25) is 0 Å². The number of nitrogens with zero attached hydrogens (tertiary/aromatic N) is 3. The van der Waals surface area contributed by atoms with Crippen molar-refractivity contribution in [1.82, 2.24) is 14.5 Å². The summed E-state index contributed by atoms with van der Waals surface area (Å²) < 4.78 is 12.9. The fourth-order valence-corrected chi connectivity index (χ4v) is 4.76. The molecule has 150 valence electrons. The predicted octanol–water partition coefficient (Wildman–Crippen LogP) is 2.98. The van der Waals surface area contributed by atoms with Crippen molar-refractivity contribution in [3.8, 4) is 11.5 Å². The van der Waals surface area contributed by atoms with Gasteiger partial charge in [-0.15, -0.1) is 11.3 Å². The Kier molecular flexibility index (Phi) is 4.71. The van der Waals surface area contributed by atoms with Crippen LogP contribution in [0.15, 0.2) is 40.8 Å². The Morgan fingerprint density at radius 2 is 2.03 bits per heavy atom. The van der Waals surface area contributed by atoms with E-state index in [0.717, 1.165) is 36.3 Å². The summed E-state index contributed by atoms with van der Waals surface area (Å²) in [7, 11) is 0. The lowest BCUT2D eigenvalue weighted by atomic mass is 10.0. The Morgan fingerprint density at radius 3 is 2.93 bits per heavy atom. The van der Waals surface area contributed by atoms with E-state index in [1.165, 1.54) is 22.2 Å². The van der Waals surface area contributed by atoms with Crippen LogP contribution in [0.5, 0.6) is 11.5 Å². The monoisotopic (exact) mass is 411 g/mol. The molecular formula is C21H21N3O4S. The van der Waals surface area contributed by atoms with Crippen molar-refractivity contribution in [1.29, 1.82) is 0 Å². The van der Waals surface area contributed by atoms with Gasteiger partial charge in [-0.1, -0.05) is 6.07 Å². The van der Waals surface area contributed by atoms with E-state index in [1.54, 1.807) is 6.07 Å². The number of thiophene rings is 1. The van der Waals surface area contributed by atoms with Crippen LogP contribution >= 0.6 is 11.3 Å². The SMILES string of the molecule is O=C(Cn1cnc2sccc2c1=O)N1CCCC1c1ccc2c(c1)OCCCO2. The van der Waals surface area contributed by atoms with E-state index in [4.69, 9.17) is 9.47 Å². The number of fused-ring (bicyclic) bond motifs is 2. The summed E-state index contributed by atoms with van der Waals surface area (Å²) >= 11 is 1.42. The Bertz CT molecular complexity index is 1120. The highest BCUT2D eigenvalue weighted by atomic mass is 32.1. The van der Waals surface area contributed by atoms with Crippen LogP contribution in [0.1, 0.15) is 30.9 Å². The van der Waals surface area contributed by atoms with Crippen molar-refractivity contribution in [2.24, 2.45) is 0 Å². The van der Waals surface area contributed by atoms with Crippen molar-refractivity contribution >= 4 is 27.5 Å². The van der Waals surface area contributed by atoms with Crippen LogP contribution in [0, 0.1) is 0 Å². The molecule has 0 radical (unpaired) electrons. The highest BCUT2D eigenvalue weighted by Crippen LogP contribution is 2.38. The second-order valence-electron chi connectivity index (χ2n) is 7.32. The quantitative estimate of drug-likeness (QED) is 0.663. The van der Waals surface area contributed by atoms with E-state index in [9.17, 15) is 9.59 Å². The molecule has 2 aliphatic rings. The van der Waals surface area contributed by atoms with E-state index >= 15 is 0 Å². The first kappa shape index (κ1) is 18.2. The molecule has 0 aliphatic carbocycles. The third-order valence-electron chi connectivity index (χ3n) is 5.49. The molecule has 0 saturated carbocycles. The molecule has 3 aromatic rings. The number of carbonyl (C=O) groups excluding carboxylic acids is 1. The van der Waals surface area contributed by atoms with Gasteiger partial charge in [-0.2, -0.15) is 0 Å². The van der Waals surface area contributed by atoms with Crippen molar-refractivity contribution in [2.45, 2.75) is 31.8 Å². The molecule has 7 nitrogen and oxygen atoms in total. The van der Waals surface area contributed by atoms with Gasteiger partial charge in [0.25, 0.3) is 5.56 Å². The van der Waals surface area contributed by atoms with Crippen molar-refractivity contribution in [3.63, 3.8) is 0 Å². The molecule has 2 aliphatic heterocycles. The fourth-order valence-electron chi connectivity index (χ4n) is 4.04. The lowest BCUT2D eigenvalue weighted by Gasteiger charge is -2.26. The molecule has 8 heteroatoms. The average molecular weight is 411 g/mol. The number of ether oxygens (including phenoxy) is 2. The average Bonchev–Trinajstić information content (AvgIpc) is 3.35. The summed E-state index contributed by atoms with van der Waals surface area (Å²) in [4.78, 5) is 32.5. The maximum atomic E-state index is 13.1. The summed E-state index contributed by atoms with van der Waals surface area (Å²) in [5.74, 6) is 1.42. The molecule has 0 bridgehead atoms. The van der Waals surface area contributed by atoms with Gasteiger partial charge in [0.1, 0.15) is 11.4 Å². The molecular weight excluding hydrogens is 390 g/mol. The second-order valence-corrected chi connectivity index (χ2v) is 8.21. The molecule has 5 rings (SSSR count). The number of rotatable bonds is 3. The normalized spacial score (nSPS) is 18.8. The van der Waals surface area contributed by atoms with Crippen molar-refractivity contribution in [3.05, 3.63) is 51.9 Å². The van der Waals surface area contributed by atoms with E-state index in [-0.39, 0.29) is 24.1 Å². The molecule has 1 atom stereocenters. The number of aromatic nitrogens is 2. The molecule has 1 aromatic carbocycles. The number of likely N-dealkylation sites (tertiary alicyclic amines) is 1. The van der Waals surface area contributed by atoms with Gasteiger partial charge in [-0.05, 0) is 42.0 Å². The maximum absolute atomic E-state index is 13.1. The van der Waals surface area contributed by atoms with Gasteiger partial charge in [0.15, 0.2) is 11.5 Å². The topological polar surface area (TPSA) is 73.7 Å². The van der Waals surface area contributed by atoms with Gasteiger partial charge in [-0.25, -0.2) is 4.98 Å². The molecule has 0 N–H and O–H groups in total. The van der Waals surface area contributed by atoms with E-state index < -0.39 is 0 Å². The fraction of sp³-hybridized carbons (Fsp3) is 0.381. The first-order chi connectivity index (χ1) is 14.2. The Labute approximate surface area is 171 Å². The number of hydrogen-bond acceptors (Lipinski definition) is 6. The first-order valence-corrected chi connectivity index (χ1v) is 10.7. The maximum Gasteiger partial charge on any atom is 0.262 e. The first-order valence-electron chi connectivity index (χ1n) is 9.82. The van der Waals surface area contributed by atoms with Crippen LogP contribution in [-0.4, -0.2) is 40.1 Å². The van der Waals surface area contributed by atoms with Crippen LogP contribution in [0.3, 0.4) is 0 Å². The van der Waals surface area contributed by atoms with E-state index in [0.29, 0.717) is 30.0 Å². The molecule has 29 heavy (non-hydrogen) atoms. The third-order valence-corrected chi connectivity index (χ3v) is 6.31. The lowest BCUT2D eigenvalue weighted by Crippen LogP contribution is -2.36. The molecule has 1 unspecified atom stereocenters. The van der Waals surface area contributed by atoms with Gasteiger partial charge in [-0.3, -0.25) is 14.2 Å². The smallest absolute Gasteiger partial charge is 0.262 e. The van der Waals surface area contributed by atoms with Crippen LogP contribution in [-0.2, 0) is 11.3 Å². The largest absolute Gasteiger partial charge is 0.490 e. The summed E-state index contributed by atoms with van der Waals surface area (Å²) in [6.45, 7) is 1.96. The van der Waals surface area contributed by atoms with Gasteiger partial charge in [0.2, 0.25) is 5.91 Å². The minimum Gasteiger partial charge on any atom is -0.490 e. The minimum atomic E-state index is -0.170. The van der Waals surface area contributed by atoms with Crippen LogP contribution < -0.4 is 15.0 Å². The van der Waals surface area contributed by atoms with Gasteiger partial charge < -0.3 is 14.4 Å². The number of benzene rings is 1. The molecule has 4 heterocycles. The predicted molar refractivity (Wildman–Crippen MR) is 110 cm³/mol. The van der Waals surface area contributed by atoms with Crippen LogP contribution in [0.25, 0.3) is 10.2 Å². The van der Waals surface area contributed by atoms with Gasteiger partial charge in [0.05, 0.1) is 31.0 Å². The zero-order chi connectivity index (χ0) is 19.8. The molecule has 1 saturated heterocycles. The Hall–Kier alpha value is -2.87. The highest BCUT2D eigenvalue weighted by Gasteiger charge is 2.31. The summed E-state index contributed by atoms with van der Waals surface area (Å²) in [6.07, 6.45) is 4.15. The molecule has 1 fully saturated rings. The zero-order valence-corrected chi connectivity index (χ0v) is 16.7. The summed E-state index contributed by atoms with van der Waals surface area (Å²) in [5.41, 5.74) is 0.870. The lowest BCUT2D eigenvalue weighted by molar-refractivity contribution is -0.132. The minimum absolute atomic E-state index is 0.00132. The summed E-state index contributed by atoms with van der Waals surface area (Å²) in [6, 6.07) is 7.66. The number of carbonyl (C=O) groups is 1. The van der Waals surface area contributed by atoms with Gasteiger partial charge >= 0.3 is 0 Å². The number of hydrogen-bond donors (Lipinski definition) is 0. The van der Waals surface area contributed by atoms with Crippen molar-refractivity contribution in [2.75, 3.05) is 19.8 Å². The van der Waals surface area contributed by atoms with Gasteiger partial charge in [0, 0.05) is 13.0 Å². The van der Waals surface area contributed by atoms with Crippen LogP contribution in [0.4, 0.5) is 0 Å². The molecule has 2 aromatic heterocycles. The third kappa shape index (κ3) is 3.37. The molecule has 1 amide bonds. The highest BCUT2D eigenvalue weighted by molar-refractivity contribution is 7.16.